The molecule has 0 bridgehead atoms. The van der Waals surface area contributed by atoms with Crippen LogP contribution in [0.4, 0.5) is 0 Å². The van der Waals surface area contributed by atoms with Crippen LogP contribution < -0.4 is 10.9 Å². The van der Waals surface area contributed by atoms with Gasteiger partial charge in [-0.3, -0.25) is 20.4 Å². The Kier molecular flexibility index (Phi) is 3.76. The van der Waals surface area contributed by atoms with Crippen LogP contribution >= 0.6 is 0 Å². The van der Waals surface area contributed by atoms with E-state index < -0.39 is 0 Å². The van der Waals surface area contributed by atoms with Crippen LogP contribution in [0.25, 0.3) is 10.9 Å². The monoisotopic (exact) mass is 333 g/mol. The zero-order valence-corrected chi connectivity index (χ0v) is 14.0. The molecule has 5 heteroatoms. The third-order valence-corrected chi connectivity index (χ3v) is 4.79. The van der Waals surface area contributed by atoms with Crippen LogP contribution in [0.3, 0.4) is 0 Å². The zero-order chi connectivity index (χ0) is 17.4. The van der Waals surface area contributed by atoms with Gasteiger partial charge in [0.2, 0.25) is 0 Å². The predicted octanol–water partition coefficient (Wildman–Crippen LogP) is 2.74. The van der Waals surface area contributed by atoms with Gasteiger partial charge in [-0.1, -0.05) is 24.3 Å². The molecule has 0 aliphatic heterocycles. The molecule has 3 aromatic rings. The normalized spacial score (nSPS) is 12.8. The summed E-state index contributed by atoms with van der Waals surface area (Å²) in [7, 11) is 1.89. The highest BCUT2D eigenvalue weighted by Crippen LogP contribution is 2.23. The summed E-state index contributed by atoms with van der Waals surface area (Å²) in [5.41, 5.74) is 9.65. The summed E-state index contributed by atoms with van der Waals surface area (Å²) in [4.78, 5) is 24.8. The number of aryl methyl sites for hydroxylation is 3. The van der Waals surface area contributed by atoms with Crippen molar-refractivity contribution in [2.24, 2.45) is 7.05 Å². The van der Waals surface area contributed by atoms with Gasteiger partial charge in [0.25, 0.3) is 11.8 Å². The van der Waals surface area contributed by atoms with Crippen LogP contribution in [-0.2, 0) is 19.9 Å². The number of nitrogens with one attached hydrogen (secondary N) is 2. The van der Waals surface area contributed by atoms with Crippen molar-refractivity contribution in [3.63, 3.8) is 0 Å². The van der Waals surface area contributed by atoms with E-state index in [1.54, 1.807) is 6.20 Å². The molecule has 1 aliphatic carbocycles. The Hall–Kier alpha value is -3.08. The largest absolute Gasteiger partial charge is 0.350 e. The third kappa shape index (κ3) is 2.78. The van der Waals surface area contributed by atoms with Crippen molar-refractivity contribution < 1.29 is 9.59 Å². The summed E-state index contributed by atoms with van der Waals surface area (Å²) in [6.07, 6.45) is 4.99. The molecular weight excluding hydrogens is 314 g/mol. The first-order chi connectivity index (χ1) is 12.1. The summed E-state index contributed by atoms with van der Waals surface area (Å²) in [5.74, 6) is -0.630. The van der Waals surface area contributed by atoms with Crippen LogP contribution in [0.15, 0.2) is 48.7 Å². The Morgan fingerprint density at radius 3 is 2.60 bits per heavy atom. The lowest BCUT2D eigenvalue weighted by Crippen LogP contribution is -2.41. The van der Waals surface area contributed by atoms with Crippen LogP contribution in [0, 0.1) is 0 Å². The zero-order valence-electron chi connectivity index (χ0n) is 14.0. The van der Waals surface area contributed by atoms with E-state index in [-0.39, 0.29) is 11.8 Å². The molecule has 5 nitrogen and oxygen atoms in total. The minimum absolute atomic E-state index is 0.303. The first-order valence-electron chi connectivity index (χ1n) is 8.40. The average Bonchev–Trinajstić information content (AvgIpc) is 3.23. The van der Waals surface area contributed by atoms with Crippen molar-refractivity contribution in [1.82, 2.24) is 15.4 Å². The average molecular weight is 333 g/mol. The van der Waals surface area contributed by atoms with Gasteiger partial charge in [-0.15, -0.1) is 0 Å². The maximum atomic E-state index is 12.5. The van der Waals surface area contributed by atoms with Crippen LogP contribution in [0.5, 0.6) is 0 Å². The minimum atomic E-state index is -0.327. The van der Waals surface area contributed by atoms with Gasteiger partial charge in [0, 0.05) is 29.7 Å². The van der Waals surface area contributed by atoms with Crippen LogP contribution in [0.1, 0.15) is 38.3 Å². The second-order valence-corrected chi connectivity index (χ2v) is 6.42. The van der Waals surface area contributed by atoms with Crippen LogP contribution in [0.2, 0.25) is 0 Å². The Labute approximate surface area is 145 Å². The number of aromatic nitrogens is 1. The van der Waals surface area contributed by atoms with Crippen molar-refractivity contribution in [3.8, 4) is 0 Å². The highest BCUT2D eigenvalue weighted by molar-refractivity contribution is 6.08. The summed E-state index contributed by atoms with van der Waals surface area (Å²) in [6, 6.07) is 13.4. The van der Waals surface area contributed by atoms with E-state index in [1.165, 1.54) is 11.1 Å². The Morgan fingerprint density at radius 1 is 0.960 bits per heavy atom. The molecule has 126 valence electrons. The van der Waals surface area contributed by atoms with Gasteiger partial charge in [-0.2, -0.15) is 0 Å². The van der Waals surface area contributed by atoms with Gasteiger partial charge in [0.05, 0.1) is 5.56 Å². The van der Waals surface area contributed by atoms with Crippen molar-refractivity contribution >= 4 is 22.7 Å². The van der Waals surface area contributed by atoms with E-state index in [9.17, 15) is 9.59 Å². The molecular formula is C20H19N3O2. The molecule has 1 aliphatic rings. The standard InChI is InChI=1S/C20H19N3O2/c1-23-12-17(16-7-2-3-8-18(16)23)20(25)22-21-19(24)15-10-9-13-5-4-6-14(13)11-15/h2-3,7-12H,4-6H2,1H3,(H,21,24)(H,22,25). The molecule has 0 saturated heterocycles. The number of hydrazine groups is 1. The molecule has 2 aromatic carbocycles. The Morgan fingerprint density at radius 2 is 1.72 bits per heavy atom. The quantitative estimate of drug-likeness (QED) is 0.708. The highest BCUT2D eigenvalue weighted by atomic mass is 16.2. The molecule has 2 amide bonds. The number of rotatable bonds is 2. The first-order valence-corrected chi connectivity index (χ1v) is 8.40. The lowest BCUT2D eigenvalue weighted by molar-refractivity contribution is 0.0847. The van der Waals surface area contributed by atoms with Gasteiger partial charge in [0.1, 0.15) is 0 Å². The molecule has 0 fully saturated rings. The van der Waals surface area contributed by atoms with E-state index in [0.29, 0.717) is 11.1 Å². The number of carbonyl (C=O) groups excluding carboxylic acids is 2. The second kappa shape index (κ2) is 6.09. The van der Waals surface area contributed by atoms with Crippen LogP contribution in [-0.4, -0.2) is 16.4 Å². The SMILES string of the molecule is Cn1cc(C(=O)NNC(=O)c2ccc3c(c2)CCC3)c2ccccc21. The number of carbonyl (C=O) groups is 2. The minimum Gasteiger partial charge on any atom is -0.350 e. The van der Waals surface area contributed by atoms with Crippen molar-refractivity contribution in [2.45, 2.75) is 19.3 Å². The van der Waals surface area contributed by atoms with E-state index >= 15 is 0 Å². The second-order valence-electron chi connectivity index (χ2n) is 6.42. The van der Waals surface area contributed by atoms with E-state index in [4.69, 9.17) is 0 Å². The van der Waals surface area contributed by atoms with E-state index in [1.807, 2.05) is 54.1 Å². The van der Waals surface area contributed by atoms with Gasteiger partial charge in [0.15, 0.2) is 0 Å². The maximum absolute atomic E-state index is 12.5. The molecule has 0 unspecified atom stereocenters. The van der Waals surface area contributed by atoms with Gasteiger partial charge >= 0.3 is 0 Å². The molecule has 0 saturated carbocycles. The molecule has 25 heavy (non-hydrogen) atoms. The molecule has 0 spiro atoms. The molecule has 2 N–H and O–H groups in total. The fourth-order valence-electron chi connectivity index (χ4n) is 3.49. The Bertz CT molecular complexity index is 988. The van der Waals surface area contributed by atoms with E-state index in [2.05, 4.69) is 10.9 Å². The molecule has 0 radical (unpaired) electrons. The molecule has 0 atom stereocenters. The summed E-state index contributed by atoms with van der Waals surface area (Å²) < 4.78 is 1.90. The fourth-order valence-corrected chi connectivity index (χ4v) is 3.49. The lowest BCUT2D eigenvalue weighted by Gasteiger charge is -2.08. The molecule has 4 rings (SSSR count). The number of nitrogens with zero attached hydrogens (tertiary/aromatic N) is 1. The highest BCUT2D eigenvalue weighted by Gasteiger charge is 2.16. The third-order valence-electron chi connectivity index (χ3n) is 4.79. The van der Waals surface area contributed by atoms with Gasteiger partial charge in [-0.05, 0) is 48.6 Å². The summed E-state index contributed by atoms with van der Waals surface area (Å²) in [5, 5.41) is 0.856. The number of benzene rings is 2. The molecule has 1 aromatic heterocycles. The van der Waals surface area contributed by atoms with Crippen molar-refractivity contribution in [3.05, 3.63) is 70.9 Å². The smallest absolute Gasteiger partial charge is 0.271 e. The first kappa shape index (κ1) is 15.4. The summed E-state index contributed by atoms with van der Waals surface area (Å²) in [6.45, 7) is 0. The number of fused-ring (bicyclic) bond motifs is 2. The number of para-hydroxylation sites is 1. The lowest BCUT2D eigenvalue weighted by atomic mass is 10.1. The molecule has 1 heterocycles. The Balaban J connectivity index is 1.49. The summed E-state index contributed by atoms with van der Waals surface area (Å²) >= 11 is 0. The van der Waals surface area contributed by atoms with E-state index in [0.717, 1.165) is 30.2 Å². The van der Waals surface area contributed by atoms with Crippen molar-refractivity contribution in [2.75, 3.05) is 0 Å². The number of hydrogen-bond acceptors (Lipinski definition) is 2. The van der Waals surface area contributed by atoms with Crippen molar-refractivity contribution in [1.29, 1.82) is 0 Å². The fraction of sp³-hybridized carbons (Fsp3) is 0.200. The van der Waals surface area contributed by atoms with Gasteiger partial charge in [-0.25, -0.2) is 0 Å². The van der Waals surface area contributed by atoms with Gasteiger partial charge < -0.3 is 4.57 Å². The number of hydrogen-bond donors (Lipinski definition) is 2. The predicted molar refractivity (Wildman–Crippen MR) is 96.3 cm³/mol. The topological polar surface area (TPSA) is 63.1 Å². The number of amides is 2. The maximum Gasteiger partial charge on any atom is 0.271 e.